The Morgan fingerprint density at radius 1 is 1.00 bits per heavy atom. The monoisotopic (exact) mass is 352 g/mol. The normalized spacial score (nSPS) is 23.1. The van der Waals surface area contributed by atoms with E-state index in [1.54, 1.807) is 0 Å². The quantitative estimate of drug-likeness (QED) is 0.344. The lowest BCUT2D eigenvalue weighted by molar-refractivity contribution is -0.137. The molecular weight excluding hydrogens is 316 g/mol. The topological polar surface area (TPSA) is 74.6 Å². The number of rotatable bonds is 14. The van der Waals surface area contributed by atoms with Crippen LogP contribution in [0.3, 0.4) is 0 Å². The lowest BCUT2D eigenvalue weighted by Crippen LogP contribution is -2.20. The SMILES string of the molecule is C=C1C[C@@H](O)[C@@H](CCCCCCC(=O)O)[C@H]1CCC(=O)CCCCC. The lowest BCUT2D eigenvalue weighted by atomic mass is 9.84. The summed E-state index contributed by atoms with van der Waals surface area (Å²) in [4.78, 5) is 22.5. The second-order valence-electron chi connectivity index (χ2n) is 7.58. The second kappa shape index (κ2) is 12.2. The number of hydrogen-bond acceptors (Lipinski definition) is 3. The number of Topliss-reactive ketones (excluding diaryl/α,β-unsaturated/α-hetero) is 1. The Morgan fingerprint density at radius 2 is 1.68 bits per heavy atom. The van der Waals surface area contributed by atoms with Gasteiger partial charge in [0.25, 0.3) is 0 Å². The summed E-state index contributed by atoms with van der Waals surface area (Å²) in [6, 6.07) is 0. The highest BCUT2D eigenvalue weighted by Gasteiger charge is 2.36. The number of aliphatic carboxylic acids is 1. The molecule has 4 heteroatoms. The Morgan fingerprint density at radius 3 is 2.36 bits per heavy atom. The molecule has 0 aromatic heterocycles. The van der Waals surface area contributed by atoms with Gasteiger partial charge in [-0.1, -0.05) is 51.2 Å². The summed E-state index contributed by atoms with van der Waals surface area (Å²) < 4.78 is 0. The largest absolute Gasteiger partial charge is 0.481 e. The summed E-state index contributed by atoms with van der Waals surface area (Å²) in [5.74, 6) is 0.0980. The van der Waals surface area contributed by atoms with Crippen molar-refractivity contribution in [3.63, 3.8) is 0 Å². The van der Waals surface area contributed by atoms with Crippen molar-refractivity contribution < 1.29 is 19.8 Å². The van der Waals surface area contributed by atoms with Gasteiger partial charge in [-0.05, 0) is 43.9 Å². The van der Waals surface area contributed by atoms with E-state index in [-0.39, 0.29) is 24.4 Å². The van der Waals surface area contributed by atoms with Gasteiger partial charge in [-0.2, -0.15) is 0 Å². The third kappa shape index (κ3) is 8.66. The number of carboxylic acids is 1. The number of carboxylic acid groups (broad SMARTS) is 1. The molecule has 0 saturated heterocycles. The smallest absolute Gasteiger partial charge is 0.303 e. The number of unbranched alkanes of at least 4 members (excludes halogenated alkanes) is 5. The Labute approximate surface area is 152 Å². The van der Waals surface area contributed by atoms with E-state index in [4.69, 9.17) is 5.11 Å². The molecule has 0 aliphatic heterocycles. The van der Waals surface area contributed by atoms with E-state index < -0.39 is 5.97 Å². The van der Waals surface area contributed by atoms with Crippen molar-refractivity contribution in [2.45, 2.75) is 96.5 Å². The average Bonchev–Trinajstić information content (AvgIpc) is 2.82. The van der Waals surface area contributed by atoms with Crippen molar-refractivity contribution >= 4 is 11.8 Å². The Balaban J connectivity index is 2.31. The molecule has 0 heterocycles. The maximum absolute atomic E-state index is 12.0. The van der Waals surface area contributed by atoms with E-state index in [9.17, 15) is 14.7 Å². The first kappa shape index (κ1) is 21.9. The summed E-state index contributed by atoms with van der Waals surface area (Å²) in [5, 5.41) is 19.0. The molecule has 1 saturated carbocycles. The summed E-state index contributed by atoms with van der Waals surface area (Å²) in [5.41, 5.74) is 1.10. The van der Waals surface area contributed by atoms with Crippen LogP contribution < -0.4 is 0 Å². The van der Waals surface area contributed by atoms with Gasteiger partial charge in [0, 0.05) is 19.3 Å². The minimum Gasteiger partial charge on any atom is -0.481 e. The number of carbonyl (C=O) groups excluding carboxylic acids is 1. The highest BCUT2D eigenvalue weighted by molar-refractivity contribution is 5.78. The first-order chi connectivity index (χ1) is 12.0. The van der Waals surface area contributed by atoms with Crippen molar-refractivity contribution in [1.29, 1.82) is 0 Å². The first-order valence-corrected chi connectivity index (χ1v) is 10.0. The predicted octanol–water partition coefficient (Wildman–Crippen LogP) is 4.89. The van der Waals surface area contributed by atoms with E-state index in [1.165, 1.54) is 0 Å². The van der Waals surface area contributed by atoms with Crippen LogP contribution in [0.25, 0.3) is 0 Å². The van der Waals surface area contributed by atoms with E-state index in [0.29, 0.717) is 25.0 Å². The van der Waals surface area contributed by atoms with Crippen LogP contribution in [0.15, 0.2) is 12.2 Å². The summed E-state index contributed by atoms with van der Waals surface area (Å²) >= 11 is 0. The molecule has 2 N–H and O–H groups in total. The van der Waals surface area contributed by atoms with Gasteiger partial charge in [-0.15, -0.1) is 0 Å². The number of carbonyl (C=O) groups is 2. The molecular formula is C21H36O4. The molecule has 1 aliphatic rings. The van der Waals surface area contributed by atoms with Gasteiger partial charge in [0.05, 0.1) is 6.10 Å². The van der Waals surface area contributed by atoms with Gasteiger partial charge >= 0.3 is 5.97 Å². The second-order valence-corrected chi connectivity index (χ2v) is 7.58. The maximum atomic E-state index is 12.0. The molecule has 1 fully saturated rings. The van der Waals surface area contributed by atoms with Crippen molar-refractivity contribution in [2.75, 3.05) is 0 Å². The lowest BCUT2D eigenvalue weighted by Gasteiger charge is -2.22. The number of aliphatic hydroxyl groups excluding tert-OH is 1. The predicted molar refractivity (Wildman–Crippen MR) is 100 cm³/mol. The first-order valence-electron chi connectivity index (χ1n) is 10.0. The summed E-state index contributed by atoms with van der Waals surface area (Å²) in [7, 11) is 0. The fraction of sp³-hybridized carbons (Fsp3) is 0.810. The average molecular weight is 353 g/mol. The van der Waals surface area contributed by atoms with Crippen molar-refractivity contribution in [1.82, 2.24) is 0 Å². The Hall–Kier alpha value is -1.16. The molecule has 1 rings (SSSR count). The van der Waals surface area contributed by atoms with Crippen LogP contribution in [0, 0.1) is 11.8 Å². The molecule has 144 valence electrons. The Bertz CT molecular complexity index is 430. The van der Waals surface area contributed by atoms with Crippen LogP contribution >= 0.6 is 0 Å². The molecule has 0 amide bonds. The highest BCUT2D eigenvalue weighted by atomic mass is 16.4. The van der Waals surface area contributed by atoms with Gasteiger partial charge in [0.15, 0.2) is 0 Å². The molecule has 0 aromatic rings. The zero-order chi connectivity index (χ0) is 18.7. The van der Waals surface area contributed by atoms with E-state index in [1.807, 2.05) is 0 Å². The molecule has 0 spiro atoms. The van der Waals surface area contributed by atoms with E-state index >= 15 is 0 Å². The van der Waals surface area contributed by atoms with Crippen LogP contribution in [0.4, 0.5) is 0 Å². The van der Waals surface area contributed by atoms with Crippen molar-refractivity contribution in [3.8, 4) is 0 Å². The number of hydrogen-bond donors (Lipinski definition) is 2. The zero-order valence-electron chi connectivity index (χ0n) is 15.8. The Kier molecular flexibility index (Phi) is 10.7. The standard InChI is InChI=1S/C21H36O4/c1-3-4-7-10-17(22)13-14-18-16(2)15-20(23)19(18)11-8-5-6-9-12-21(24)25/h18-20,23H,2-15H2,1H3,(H,24,25)/t18-,19-,20+/m0/s1. The molecule has 0 unspecified atom stereocenters. The third-order valence-corrected chi connectivity index (χ3v) is 5.48. The third-order valence-electron chi connectivity index (χ3n) is 5.48. The highest BCUT2D eigenvalue weighted by Crippen LogP contribution is 2.41. The molecule has 0 radical (unpaired) electrons. The molecule has 4 nitrogen and oxygen atoms in total. The minimum atomic E-state index is -0.730. The van der Waals surface area contributed by atoms with Gasteiger partial charge in [-0.3, -0.25) is 9.59 Å². The van der Waals surface area contributed by atoms with Crippen LogP contribution in [0.2, 0.25) is 0 Å². The maximum Gasteiger partial charge on any atom is 0.303 e. The fourth-order valence-corrected chi connectivity index (χ4v) is 3.98. The van der Waals surface area contributed by atoms with Crippen molar-refractivity contribution in [2.24, 2.45) is 11.8 Å². The van der Waals surface area contributed by atoms with Crippen LogP contribution in [-0.2, 0) is 9.59 Å². The van der Waals surface area contributed by atoms with Gasteiger partial charge < -0.3 is 10.2 Å². The molecule has 3 atom stereocenters. The number of aliphatic hydroxyl groups is 1. The summed E-state index contributed by atoms with van der Waals surface area (Å²) in [6.45, 7) is 6.27. The van der Waals surface area contributed by atoms with E-state index in [0.717, 1.165) is 63.4 Å². The molecule has 25 heavy (non-hydrogen) atoms. The zero-order valence-corrected chi connectivity index (χ0v) is 15.8. The number of ketones is 1. The van der Waals surface area contributed by atoms with Gasteiger partial charge in [-0.25, -0.2) is 0 Å². The van der Waals surface area contributed by atoms with Gasteiger partial charge in [0.2, 0.25) is 0 Å². The van der Waals surface area contributed by atoms with Crippen LogP contribution in [0.5, 0.6) is 0 Å². The minimum absolute atomic E-state index is 0.218. The summed E-state index contributed by atoms with van der Waals surface area (Å²) in [6.07, 6.45) is 10.5. The molecule has 0 aromatic carbocycles. The van der Waals surface area contributed by atoms with E-state index in [2.05, 4.69) is 13.5 Å². The van der Waals surface area contributed by atoms with Gasteiger partial charge in [0.1, 0.15) is 5.78 Å². The van der Waals surface area contributed by atoms with Crippen LogP contribution in [0.1, 0.15) is 90.4 Å². The molecule has 1 aliphatic carbocycles. The van der Waals surface area contributed by atoms with Crippen LogP contribution in [-0.4, -0.2) is 28.1 Å². The fourth-order valence-electron chi connectivity index (χ4n) is 3.98. The molecule has 0 bridgehead atoms. The van der Waals surface area contributed by atoms with Crippen molar-refractivity contribution in [3.05, 3.63) is 12.2 Å².